The van der Waals surface area contributed by atoms with Crippen LogP contribution >= 0.6 is 57.1 Å². The number of thiophene rings is 4. The van der Waals surface area contributed by atoms with Gasteiger partial charge in [-0.25, -0.2) is 0 Å². The van der Waals surface area contributed by atoms with Crippen molar-refractivity contribution < 1.29 is 35.9 Å². The number of carbonyl (C=O) groups excluding carboxylic acids is 2. The smallest absolute Gasteiger partial charge is 0.283 e. The molecule has 5 heterocycles. The maximum atomic E-state index is 13.1. The van der Waals surface area contributed by atoms with Gasteiger partial charge in [0.15, 0.2) is 0 Å². The minimum Gasteiger partial charge on any atom is -0.283 e. The number of carbonyl (C=O) groups is 2. The fraction of sp³-hybridized carbons (Fsp3) is 0.294. The zero-order valence-corrected chi connectivity index (χ0v) is 30.0. The first-order chi connectivity index (χ1) is 23.3. The van der Waals surface area contributed by atoms with E-state index in [1.165, 1.54) is 34.8 Å². The molecule has 5 aromatic heterocycles. The third-order valence-corrected chi connectivity index (χ3v) is 13.3. The number of halogens is 6. The van der Waals surface area contributed by atoms with Crippen LogP contribution in [0.4, 0.5) is 26.3 Å². The molecule has 0 fully saturated rings. The first-order valence-electron chi connectivity index (χ1n) is 15.2. The second-order valence-corrected chi connectivity index (χ2v) is 16.0. The average molecular weight is 769 g/mol. The molecule has 1 aromatic carbocycles. The van der Waals surface area contributed by atoms with Gasteiger partial charge in [-0.3, -0.25) is 9.59 Å². The summed E-state index contributed by atoms with van der Waals surface area (Å²) >= 11 is 5.61. The summed E-state index contributed by atoms with van der Waals surface area (Å²) in [6, 6.07) is 13.6. The van der Waals surface area contributed by atoms with E-state index in [0.717, 1.165) is 115 Å². The van der Waals surface area contributed by atoms with Gasteiger partial charge < -0.3 is 0 Å². The number of Topliss-reactive ketones (excluding diaryl/α,β-unsaturated/α-hetero) is 2. The summed E-state index contributed by atoms with van der Waals surface area (Å²) in [5.74, 6) is -3.71. The van der Waals surface area contributed by atoms with E-state index in [0.29, 0.717) is 20.8 Å². The van der Waals surface area contributed by atoms with Crippen molar-refractivity contribution in [2.24, 2.45) is 0 Å². The molecule has 0 saturated carbocycles. The lowest BCUT2D eigenvalue weighted by Crippen LogP contribution is -2.21. The Morgan fingerprint density at radius 3 is 1.37 bits per heavy atom. The number of aromatic nitrogens is 2. The van der Waals surface area contributed by atoms with Gasteiger partial charge in [0, 0.05) is 40.4 Å². The summed E-state index contributed by atoms with van der Waals surface area (Å²) in [5.41, 5.74) is 4.93. The van der Waals surface area contributed by atoms with Crippen molar-refractivity contribution in [3.05, 3.63) is 69.4 Å². The molecule has 0 aliphatic heterocycles. The van der Waals surface area contributed by atoms with Crippen molar-refractivity contribution in [1.29, 1.82) is 0 Å². The quantitative estimate of drug-likeness (QED) is 0.0919. The van der Waals surface area contributed by atoms with E-state index in [4.69, 9.17) is 0 Å². The normalized spacial score (nSPS) is 12.3. The van der Waals surface area contributed by atoms with Crippen LogP contribution in [0.2, 0.25) is 0 Å². The predicted molar refractivity (Wildman–Crippen MR) is 189 cm³/mol. The standard InChI is InChI=1S/C34H26F6N2O2S5/c1-3-5-7-17-15-25(47-29(17)21-11-13-23(45-21)31(43)33(35,36)37)19-9-10-20(28-27(19)41-49-42-28)26-16-18(8-6-4-2)30(48-26)22-12-14-24(46-22)32(44)34(38,39)40/h9-16H,3-8H2,1-2H3. The van der Waals surface area contributed by atoms with Crippen molar-refractivity contribution in [3.63, 3.8) is 0 Å². The van der Waals surface area contributed by atoms with Gasteiger partial charge in [-0.1, -0.05) is 38.8 Å². The van der Waals surface area contributed by atoms with E-state index in [1.54, 1.807) is 12.1 Å². The van der Waals surface area contributed by atoms with Crippen LogP contribution in [-0.2, 0) is 12.8 Å². The number of unbranched alkanes of at least 4 members (excludes halogenated alkanes) is 2. The number of rotatable bonds is 12. The van der Waals surface area contributed by atoms with Gasteiger partial charge in [-0.2, -0.15) is 35.1 Å². The van der Waals surface area contributed by atoms with Crippen molar-refractivity contribution in [2.45, 2.75) is 64.7 Å². The molecule has 6 aromatic rings. The topological polar surface area (TPSA) is 59.9 Å². The molecule has 49 heavy (non-hydrogen) atoms. The van der Waals surface area contributed by atoms with E-state index >= 15 is 0 Å². The zero-order valence-electron chi connectivity index (χ0n) is 25.9. The Morgan fingerprint density at radius 1 is 0.592 bits per heavy atom. The molecule has 256 valence electrons. The molecular weight excluding hydrogens is 743 g/mol. The SMILES string of the molecule is CCCCc1cc(-c2ccc(-c3cc(CCCC)c(-c4ccc(C(=O)C(F)(F)F)s4)s3)c3nsnc23)sc1-c1ccc(C(=O)C(F)(F)F)s1. The monoisotopic (exact) mass is 768 g/mol. The molecular formula is C34H26F6N2O2S5. The number of hydrogen-bond donors (Lipinski definition) is 0. The van der Waals surface area contributed by atoms with Crippen molar-refractivity contribution in [1.82, 2.24) is 8.75 Å². The van der Waals surface area contributed by atoms with Gasteiger partial charge in [0.2, 0.25) is 0 Å². The summed E-state index contributed by atoms with van der Waals surface area (Å²) < 4.78 is 88.0. The number of fused-ring (bicyclic) bond motifs is 1. The Bertz CT molecular complexity index is 2000. The fourth-order valence-corrected chi connectivity index (χ4v) is 10.6. The molecule has 0 amide bonds. The molecule has 0 bridgehead atoms. The van der Waals surface area contributed by atoms with E-state index in [2.05, 4.69) is 22.6 Å². The number of alkyl halides is 6. The van der Waals surface area contributed by atoms with Crippen LogP contribution in [0.25, 0.3) is 51.4 Å². The van der Waals surface area contributed by atoms with Gasteiger partial charge >= 0.3 is 12.4 Å². The fourth-order valence-electron chi connectivity index (χ4n) is 5.35. The Balaban J connectivity index is 1.40. The number of ketones is 2. The summed E-state index contributed by atoms with van der Waals surface area (Å²) in [5, 5.41) is 0. The number of hydrogen-bond acceptors (Lipinski definition) is 9. The number of nitrogens with zero attached hydrogens (tertiary/aromatic N) is 2. The van der Waals surface area contributed by atoms with Gasteiger partial charge in [-0.15, -0.1) is 45.3 Å². The Kier molecular flexibility index (Phi) is 10.3. The Labute approximate surface area is 297 Å². The van der Waals surface area contributed by atoms with Gasteiger partial charge in [0.05, 0.1) is 21.5 Å². The highest BCUT2D eigenvalue weighted by molar-refractivity contribution is 7.25. The largest absolute Gasteiger partial charge is 0.455 e. The number of aryl methyl sites for hydroxylation is 2. The summed E-state index contributed by atoms with van der Waals surface area (Å²) in [6.07, 6.45) is -4.84. The van der Waals surface area contributed by atoms with E-state index in [-0.39, 0.29) is 9.75 Å². The van der Waals surface area contributed by atoms with Crippen molar-refractivity contribution in [2.75, 3.05) is 0 Å². The third-order valence-electron chi connectivity index (χ3n) is 7.79. The molecule has 6 rings (SSSR count). The molecule has 15 heteroatoms. The average Bonchev–Trinajstić information content (AvgIpc) is 3.89. The van der Waals surface area contributed by atoms with E-state index in [1.807, 2.05) is 24.3 Å². The molecule has 0 radical (unpaired) electrons. The van der Waals surface area contributed by atoms with Gasteiger partial charge in [-0.05, 0) is 73.2 Å². The van der Waals surface area contributed by atoms with Crippen LogP contribution in [0.3, 0.4) is 0 Å². The summed E-state index contributed by atoms with van der Waals surface area (Å²) in [6.45, 7) is 4.12. The number of benzene rings is 1. The Hall–Kier alpha value is -3.24. The molecule has 0 spiro atoms. The molecule has 0 atom stereocenters. The highest BCUT2D eigenvalue weighted by Crippen LogP contribution is 2.47. The molecule has 0 aliphatic carbocycles. The van der Waals surface area contributed by atoms with Crippen LogP contribution in [-0.4, -0.2) is 32.7 Å². The predicted octanol–water partition coefficient (Wildman–Crippen LogP) is 12.8. The van der Waals surface area contributed by atoms with E-state index < -0.39 is 23.9 Å². The minimum atomic E-state index is -4.95. The lowest BCUT2D eigenvalue weighted by Gasteiger charge is -2.03. The molecule has 0 unspecified atom stereocenters. The highest BCUT2D eigenvalue weighted by Gasteiger charge is 2.41. The first kappa shape index (κ1) is 35.6. The molecule has 0 saturated heterocycles. The second-order valence-electron chi connectivity index (χ2n) is 11.2. The van der Waals surface area contributed by atoms with Crippen molar-refractivity contribution in [3.8, 4) is 40.4 Å². The first-order valence-corrected chi connectivity index (χ1v) is 19.2. The van der Waals surface area contributed by atoms with Gasteiger partial charge in [0.25, 0.3) is 11.6 Å². The summed E-state index contributed by atoms with van der Waals surface area (Å²) in [4.78, 5) is 27.7. The molecule has 4 nitrogen and oxygen atoms in total. The minimum absolute atomic E-state index is 0.353. The lowest BCUT2D eigenvalue weighted by atomic mass is 10.0. The maximum Gasteiger partial charge on any atom is 0.455 e. The van der Waals surface area contributed by atoms with Crippen LogP contribution in [0, 0.1) is 0 Å². The maximum absolute atomic E-state index is 13.1. The van der Waals surface area contributed by atoms with Crippen LogP contribution < -0.4 is 0 Å². The Morgan fingerprint density at radius 2 is 1.00 bits per heavy atom. The van der Waals surface area contributed by atoms with Crippen LogP contribution in [0.1, 0.15) is 70.0 Å². The van der Waals surface area contributed by atoms with E-state index in [9.17, 15) is 35.9 Å². The highest BCUT2D eigenvalue weighted by atomic mass is 32.1. The zero-order chi connectivity index (χ0) is 35.1. The third kappa shape index (κ3) is 7.32. The lowest BCUT2D eigenvalue weighted by molar-refractivity contribution is -0.0885. The second kappa shape index (κ2) is 14.2. The van der Waals surface area contributed by atoms with Crippen LogP contribution in [0.5, 0.6) is 0 Å². The van der Waals surface area contributed by atoms with Crippen molar-refractivity contribution >= 4 is 79.7 Å². The molecule has 0 N–H and O–H groups in total. The summed E-state index contributed by atoms with van der Waals surface area (Å²) in [7, 11) is 0. The molecule has 0 aliphatic rings. The van der Waals surface area contributed by atoms with Gasteiger partial charge in [0.1, 0.15) is 11.0 Å². The van der Waals surface area contributed by atoms with Crippen LogP contribution in [0.15, 0.2) is 48.5 Å².